The molecule has 0 aromatic carbocycles. The number of esters is 3. The zero-order valence-electron chi connectivity index (χ0n) is 17.4. The van der Waals surface area contributed by atoms with E-state index in [9.17, 15) is 19.2 Å². The molecule has 2 saturated heterocycles. The number of fused-ring (bicyclic) bond motifs is 5. The summed E-state index contributed by atoms with van der Waals surface area (Å²) < 4.78 is 22.0. The minimum atomic E-state index is -0.750. The average molecular weight is 416 g/mol. The van der Waals surface area contributed by atoms with Crippen molar-refractivity contribution < 1.29 is 38.1 Å². The van der Waals surface area contributed by atoms with Crippen LogP contribution in [0.3, 0.4) is 0 Å². The van der Waals surface area contributed by atoms with Crippen molar-refractivity contribution in [2.75, 3.05) is 6.61 Å². The number of hydrogen-bond acceptors (Lipinski definition) is 8. The van der Waals surface area contributed by atoms with Crippen molar-refractivity contribution in [2.45, 2.75) is 58.0 Å². The molecule has 2 heterocycles. The summed E-state index contributed by atoms with van der Waals surface area (Å²) in [5.74, 6) is -2.84. The van der Waals surface area contributed by atoms with Gasteiger partial charge in [0.15, 0.2) is 11.9 Å². The third-order valence-corrected chi connectivity index (χ3v) is 6.53. The van der Waals surface area contributed by atoms with Crippen LogP contribution >= 0.6 is 0 Å². The van der Waals surface area contributed by atoms with Gasteiger partial charge in [-0.25, -0.2) is 9.59 Å². The van der Waals surface area contributed by atoms with Gasteiger partial charge in [0.05, 0.1) is 17.4 Å². The van der Waals surface area contributed by atoms with Gasteiger partial charge in [-0.1, -0.05) is 18.2 Å². The fourth-order valence-corrected chi connectivity index (χ4v) is 4.94. The Balaban J connectivity index is 1.65. The minimum absolute atomic E-state index is 0.0942. The summed E-state index contributed by atoms with van der Waals surface area (Å²) in [6.45, 7) is 10.2. The van der Waals surface area contributed by atoms with E-state index >= 15 is 0 Å². The normalized spacial score (nSPS) is 37.1. The van der Waals surface area contributed by atoms with Crippen LogP contribution in [-0.2, 0) is 38.1 Å². The average Bonchev–Trinajstić information content (AvgIpc) is 3.23. The zero-order chi connectivity index (χ0) is 22.0. The van der Waals surface area contributed by atoms with Gasteiger partial charge >= 0.3 is 17.9 Å². The van der Waals surface area contributed by atoms with Crippen LogP contribution in [-0.4, -0.2) is 54.2 Å². The molecule has 160 valence electrons. The number of hydrogen-bond donors (Lipinski definition) is 0. The first-order chi connectivity index (χ1) is 14.1. The first-order valence-corrected chi connectivity index (χ1v) is 9.91. The van der Waals surface area contributed by atoms with Crippen molar-refractivity contribution >= 4 is 23.7 Å². The number of Topliss-reactive ketones (excluding diaryl/α,β-unsaturated/α-hetero) is 1. The molecule has 8 heteroatoms. The van der Waals surface area contributed by atoms with Crippen molar-refractivity contribution in [3.05, 3.63) is 34.9 Å². The number of allylic oxidation sites excluding steroid dienone is 1. The topological polar surface area (TPSA) is 108 Å². The predicted molar refractivity (Wildman–Crippen MR) is 102 cm³/mol. The van der Waals surface area contributed by atoms with Crippen molar-refractivity contribution in [2.24, 2.45) is 11.8 Å². The number of rotatable bonds is 4. The molecule has 0 amide bonds. The van der Waals surface area contributed by atoms with Crippen LogP contribution in [0.2, 0.25) is 0 Å². The minimum Gasteiger partial charge on any atom is -0.461 e. The zero-order valence-corrected chi connectivity index (χ0v) is 17.4. The molecule has 8 nitrogen and oxygen atoms in total. The first kappa shape index (κ1) is 20.5. The fourth-order valence-electron chi connectivity index (χ4n) is 4.94. The van der Waals surface area contributed by atoms with Gasteiger partial charge in [0.1, 0.15) is 24.4 Å². The van der Waals surface area contributed by atoms with Crippen molar-refractivity contribution in [1.29, 1.82) is 0 Å². The van der Waals surface area contributed by atoms with Crippen LogP contribution < -0.4 is 0 Å². The second-order valence-electron chi connectivity index (χ2n) is 8.38. The van der Waals surface area contributed by atoms with Gasteiger partial charge in [-0.2, -0.15) is 0 Å². The molecular formula is C22H24O8. The standard InChI is InChI=1S/C22H24O8/c1-6-12(8-27-11(4)23)21(26)28-13-7-9(2)14-16(22(5)19(30-22)17(14)24)18-15(13)10(3)20(25)29-18/h6,13,15-16,18-19H,3,7-8H2,1-2,4-5H3/b12-6+/t13-,15-,16+,18+,19-,22+/m1/s1. The molecule has 0 N–H and O–H groups in total. The maximum atomic E-state index is 12.8. The van der Waals surface area contributed by atoms with E-state index in [-0.39, 0.29) is 30.0 Å². The predicted octanol–water partition coefficient (Wildman–Crippen LogP) is 1.58. The Kier molecular flexibility index (Phi) is 4.73. The van der Waals surface area contributed by atoms with Crippen LogP contribution in [0.4, 0.5) is 0 Å². The second kappa shape index (κ2) is 6.91. The lowest BCUT2D eigenvalue weighted by Gasteiger charge is -2.29. The third-order valence-electron chi connectivity index (χ3n) is 6.53. The number of ether oxygens (including phenoxy) is 4. The largest absolute Gasteiger partial charge is 0.461 e. The Morgan fingerprint density at radius 2 is 2.03 bits per heavy atom. The molecule has 0 aromatic rings. The molecule has 0 unspecified atom stereocenters. The molecule has 2 aliphatic carbocycles. The van der Waals surface area contributed by atoms with Crippen molar-refractivity contribution in [3.63, 3.8) is 0 Å². The van der Waals surface area contributed by atoms with Crippen LogP contribution in [0, 0.1) is 11.8 Å². The SMILES string of the molecule is C=C1C(=O)O[C@H]2[C@H]1[C@H](OC(=O)/C(=C/C)COC(C)=O)CC(C)=C1C(=O)[C@H]3O[C@@]3(C)[C@@H]12. The number of ketones is 1. The van der Waals surface area contributed by atoms with Crippen LogP contribution in [0.5, 0.6) is 0 Å². The van der Waals surface area contributed by atoms with E-state index in [4.69, 9.17) is 18.9 Å². The van der Waals surface area contributed by atoms with E-state index in [1.54, 1.807) is 6.92 Å². The van der Waals surface area contributed by atoms with E-state index in [1.165, 1.54) is 13.0 Å². The summed E-state index contributed by atoms with van der Waals surface area (Å²) in [5.41, 5.74) is 1.08. The third kappa shape index (κ3) is 2.93. The summed E-state index contributed by atoms with van der Waals surface area (Å²) >= 11 is 0. The molecule has 3 fully saturated rings. The van der Waals surface area contributed by atoms with E-state index in [2.05, 4.69) is 6.58 Å². The molecule has 2 aliphatic heterocycles. The van der Waals surface area contributed by atoms with Crippen LogP contribution in [0.15, 0.2) is 34.9 Å². The van der Waals surface area contributed by atoms with Gasteiger partial charge in [-0.15, -0.1) is 0 Å². The Labute approximate surface area is 173 Å². The molecule has 4 aliphatic rings. The van der Waals surface area contributed by atoms with Crippen LogP contribution in [0.1, 0.15) is 34.1 Å². The summed E-state index contributed by atoms with van der Waals surface area (Å²) in [5, 5.41) is 0. The molecule has 4 rings (SSSR count). The van der Waals surface area contributed by atoms with Crippen molar-refractivity contribution in [3.8, 4) is 0 Å². The van der Waals surface area contributed by atoms with Gasteiger partial charge in [0.2, 0.25) is 0 Å². The first-order valence-electron chi connectivity index (χ1n) is 9.91. The van der Waals surface area contributed by atoms with Crippen LogP contribution in [0.25, 0.3) is 0 Å². The Hall–Kier alpha value is -2.74. The maximum absolute atomic E-state index is 12.8. The monoisotopic (exact) mass is 416 g/mol. The summed E-state index contributed by atoms with van der Waals surface area (Å²) in [7, 11) is 0. The van der Waals surface area contributed by atoms with Gasteiger partial charge in [0, 0.05) is 24.5 Å². The van der Waals surface area contributed by atoms with Gasteiger partial charge < -0.3 is 18.9 Å². The molecule has 0 aromatic heterocycles. The molecule has 0 spiro atoms. The summed E-state index contributed by atoms with van der Waals surface area (Å²) in [6.07, 6.45) is -0.177. The summed E-state index contributed by atoms with van der Waals surface area (Å²) in [4.78, 5) is 49.0. The number of carbonyl (C=O) groups is 4. The fraction of sp³-hybridized carbons (Fsp3) is 0.545. The molecule has 0 radical (unpaired) electrons. The van der Waals surface area contributed by atoms with E-state index in [0.717, 1.165) is 5.57 Å². The highest BCUT2D eigenvalue weighted by molar-refractivity contribution is 6.07. The number of epoxide rings is 1. The second-order valence-corrected chi connectivity index (χ2v) is 8.38. The smallest absolute Gasteiger partial charge is 0.337 e. The maximum Gasteiger partial charge on any atom is 0.337 e. The lowest BCUT2D eigenvalue weighted by Crippen LogP contribution is -2.40. The molecule has 6 atom stereocenters. The highest BCUT2D eigenvalue weighted by Gasteiger charge is 2.74. The summed E-state index contributed by atoms with van der Waals surface area (Å²) in [6, 6.07) is 0. The van der Waals surface area contributed by atoms with Gasteiger partial charge in [-0.05, 0) is 20.8 Å². The van der Waals surface area contributed by atoms with E-state index in [0.29, 0.717) is 5.57 Å². The van der Waals surface area contributed by atoms with Gasteiger partial charge in [0.25, 0.3) is 0 Å². The van der Waals surface area contributed by atoms with E-state index in [1.807, 2.05) is 13.8 Å². The quantitative estimate of drug-likeness (QED) is 0.294. The Bertz CT molecular complexity index is 941. The Morgan fingerprint density at radius 1 is 1.33 bits per heavy atom. The lowest BCUT2D eigenvalue weighted by atomic mass is 9.80. The molecule has 0 bridgehead atoms. The number of carbonyl (C=O) groups excluding carboxylic acids is 4. The lowest BCUT2D eigenvalue weighted by molar-refractivity contribution is -0.150. The molecule has 30 heavy (non-hydrogen) atoms. The van der Waals surface area contributed by atoms with Gasteiger partial charge in [-0.3, -0.25) is 9.59 Å². The molecular weight excluding hydrogens is 392 g/mol. The highest BCUT2D eigenvalue weighted by atomic mass is 16.6. The molecule has 1 saturated carbocycles. The highest BCUT2D eigenvalue weighted by Crippen LogP contribution is 2.60. The van der Waals surface area contributed by atoms with E-state index < -0.39 is 53.7 Å². The van der Waals surface area contributed by atoms with Crippen molar-refractivity contribution in [1.82, 2.24) is 0 Å². The Morgan fingerprint density at radius 3 is 2.67 bits per heavy atom.